The molecule has 0 bridgehead atoms. The standard InChI is InChI=1S/C10H11NOS/c11-10(13)6-8-5-7-3-1-2-4-9(7)12-8/h1-4,8H,5-6H2,(H2,11,13). The summed E-state index contributed by atoms with van der Waals surface area (Å²) in [6, 6.07) is 8.05. The molecular formula is C10H11NOS. The van der Waals surface area contributed by atoms with Gasteiger partial charge in [-0.25, -0.2) is 0 Å². The predicted molar refractivity (Wildman–Crippen MR) is 56.0 cm³/mol. The van der Waals surface area contributed by atoms with Crippen LogP contribution in [0.15, 0.2) is 24.3 Å². The van der Waals surface area contributed by atoms with Crippen molar-refractivity contribution in [3.8, 4) is 5.75 Å². The van der Waals surface area contributed by atoms with E-state index in [1.54, 1.807) is 0 Å². The minimum Gasteiger partial charge on any atom is -0.489 e. The third kappa shape index (κ3) is 1.80. The second-order valence-corrected chi connectivity index (χ2v) is 3.75. The maximum atomic E-state index is 5.65. The number of hydrogen-bond acceptors (Lipinski definition) is 2. The van der Waals surface area contributed by atoms with E-state index in [2.05, 4.69) is 6.07 Å². The maximum absolute atomic E-state index is 5.65. The summed E-state index contributed by atoms with van der Waals surface area (Å²) in [5.74, 6) is 0.976. The maximum Gasteiger partial charge on any atom is 0.123 e. The van der Waals surface area contributed by atoms with Gasteiger partial charge in [0, 0.05) is 12.8 Å². The van der Waals surface area contributed by atoms with Crippen LogP contribution in [0, 0.1) is 0 Å². The van der Waals surface area contributed by atoms with Gasteiger partial charge in [0.2, 0.25) is 0 Å². The van der Waals surface area contributed by atoms with Crippen LogP contribution in [0.25, 0.3) is 0 Å². The first-order valence-electron chi connectivity index (χ1n) is 4.28. The van der Waals surface area contributed by atoms with Gasteiger partial charge in [0.1, 0.15) is 11.9 Å². The van der Waals surface area contributed by atoms with Gasteiger partial charge in [0.05, 0.1) is 4.99 Å². The highest BCUT2D eigenvalue weighted by Crippen LogP contribution is 2.29. The second kappa shape index (κ2) is 3.34. The van der Waals surface area contributed by atoms with Gasteiger partial charge in [0.25, 0.3) is 0 Å². The van der Waals surface area contributed by atoms with E-state index in [9.17, 15) is 0 Å². The first-order chi connectivity index (χ1) is 6.25. The SMILES string of the molecule is NC(=S)CC1Cc2ccccc2O1. The summed E-state index contributed by atoms with van der Waals surface area (Å²) < 4.78 is 5.65. The van der Waals surface area contributed by atoms with Crippen LogP contribution in [0.3, 0.4) is 0 Å². The van der Waals surface area contributed by atoms with Crippen LogP contribution in [0.4, 0.5) is 0 Å². The Bertz CT molecular complexity index is 312. The molecule has 1 atom stereocenters. The fraction of sp³-hybridized carbons (Fsp3) is 0.300. The van der Waals surface area contributed by atoms with E-state index in [-0.39, 0.29) is 6.10 Å². The van der Waals surface area contributed by atoms with Gasteiger partial charge in [0.15, 0.2) is 0 Å². The summed E-state index contributed by atoms with van der Waals surface area (Å²) in [5.41, 5.74) is 6.71. The zero-order valence-corrected chi connectivity index (χ0v) is 8.01. The zero-order valence-electron chi connectivity index (χ0n) is 7.19. The monoisotopic (exact) mass is 193 g/mol. The molecule has 1 unspecified atom stereocenters. The summed E-state index contributed by atoms with van der Waals surface area (Å²) in [7, 11) is 0. The molecule has 0 spiro atoms. The summed E-state index contributed by atoms with van der Waals surface area (Å²) in [6.07, 6.45) is 1.74. The van der Waals surface area contributed by atoms with Crippen LogP contribution < -0.4 is 10.5 Å². The highest BCUT2D eigenvalue weighted by molar-refractivity contribution is 7.80. The minimum absolute atomic E-state index is 0.148. The molecule has 68 valence electrons. The molecular weight excluding hydrogens is 182 g/mol. The molecule has 1 aliphatic heterocycles. The second-order valence-electron chi connectivity index (χ2n) is 3.22. The zero-order chi connectivity index (χ0) is 9.26. The molecule has 0 aromatic heterocycles. The Balaban J connectivity index is 2.09. The lowest BCUT2D eigenvalue weighted by atomic mass is 10.1. The molecule has 1 aromatic carbocycles. The summed E-state index contributed by atoms with van der Waals surface area (Å²) in [6.45, 7) is 0. The molecule has 0 fully saturated rings. The molecule has 3 heteroatoms. The lowest BCUT2D eigenvalue weighted by Crippen LogP contribution is -2.21. The van der Waals surface area contributed by atoms with Gasteiger partial charge >= 0.3 is 0 Å². The average molecular weight is 193 g/mol. The minimum atomic E-state index is 0.148. The van der Waals surface area contributed by atoms with Crippen molar-refractivity contribution in [2.24, 2.45) is 5.73 Å². The Kier molecular flexibility index (Phi) is 2.19. The van der Waals surface area contributed by atoms with Crippen LogP contribution in [0.1, 0.15) is 12.0 Å². The third-order valence-electron chi connectivity index (χ3n) is 2.14. The van der Waals surface area contributed by atoms with Crippen LogP contribution in [-0.2, 0) is 6.42 Å². The van der Waals surface area contributed by atoms with Crippen molar-refractivity contribution in [3.63, 3.8) is 0 Å². The van der Waals surface area contributed by atoms with E-state index in [0.29, 0.717) is 11.4 Å². The number of para-hydroxylation sites is 1. The molecule has 0 aliphatic carbocycles. The smallest absolute Gasteiger partial charge is 0.123 e. The fourth-order valence-electron chi connectivity index (χ4n) is 1.59. The Hall–Kier alpha value is -1.09. The van der Waals surface area contributed by atoms with Gasteiger partial charge in [-0.3, -0.25) is 0 Å². The number of benzene rings is 1. The van der Waals surface area contributed by atoms with Gasteiger partial charge in [-0.1, -0.05) is 30.4 Å². The number of nitrogens with two attached hydrogens (primary N) is 1. The lowest BCUT2D eigenvalue weighted by Gasteiger charge is -2.08. The topological polar surface area (TPSA) is 35.2 Å². The quantitative estimate of drug-likeness (QED) is 0.726. The van der Waals surface area contributed by atoms with Crippen LogP contribution in [0.2, 0.25) is 0 Å². The third-order valence-corrected chi connectivity index (χ3v) is 2.31. The molecule has 1 aliphatic rings. The molecule has 2 N–H and O–H groups in total. The number of fused-ring (bicyclic) bond motifs is 1. The first-order valence-corrected chi connectivity index (χ1v) is 4.69. The Morgan fingerprint density at radius 3 is 3.00 bits per heavy atom. The van der Waals surface area contributed by atoms with Crippen LogP contribution in [-0.4, -0.2) is 11.1 Å². The van der Waals surface area contributed by atoms with Gasteiger partial charge < -0.3 is 10.5 Å². The normalized spacial score (nSPS) is 19.2. The highest BCUT2D eigenvalue weighted by Gasteiger charge is 2.22. The molecule has 1 aromatic rings. The van der Waals surface area contributed by atoms with Crippen LogP contribution >= 0.6 is 12.2 Å². The molecule has 0 saturated heterocycles. The number of ether oxygens (including phenoxy) is 1. The van der Waals surface area contributed by atoms with Crippen molar-refractivity contribution in [2.75, 3.05) is 0 Å². The van der Waals surface area contributed by atoms with Gasteiger partial charge in [-0.2, -0.15) is 0 Å². The molecule has 0 radical (unpaired) electrons. The number of thiocarbonyl (C=S) groups is 1. The average Bonchev–Trinajstić information content (AvgIpc) is 2.44. The molecule has 13 heavy (non-hydrogen) atoms. The Labute approximate surface area is 82.7 Å². The highest BCUT2D eigenvalue weighted by atomic mass is 32.1. The molecule has 2 rings (SSSR count). The predicted octanol–water partition coefficient (Wildman–Crippen LogP) is 1.67. The molecule has 2 nitrogen and oxygen atoms in total. The Morgan fingerprint density at radius 1 is 1.54 bits per heavy atom. The van der Waals surface area contributed by atoms with Crippen molar-refractivity contribution in [1.29, 1.82) is 0 Å². The van der Waals surface area contributed by atoms with Crippen molar-refractivity contribution >= 4 is 17.2 Å². The van der Waals surface area contributed by atoms with Crippen LogP contribution in [0.5, 0.6) is 5.75 Å². The molecule has 1 heterocycles. The van der Waals surface area contributed by atoms with Gasteiger partial charge in [-0.05, 0) is 11.6 Å². The van der Waals surface area contributed by atoms with E-state index in [1.807, 2.05) is 18.2 Å². The van der Waals surface area contributed by atoms with E-state index in [0.717, 1.165) is 12.2 Å². The number of hydrogen-bond donors (Lipinski definition) is 1. The summed E-state index contributed by atoms with van der Waals surface area (Å²) in [4.78, 5) is 0.526. The van der Waals surface area contributed by atoms with Crippen molar-refractivity contribution in [3.05, 3.63) is 29.8 Å². The lowest BCUT2D eigenvalue weighted by molar-refractivity contribution is 0.242. The first kappa shape index (κ1) is 8.51. The molecule has 0 saturated carbocycles. The summed E-state index contributed by atoms with van der Waals surface area (Å²) in [5, 5.41) is 0. The van der Waals surface area contributed by atoms with Crippen molar-refractivity contribution in [2.45, 2.75) is 18.9 Å². The van der Waals surface area contributed by atoms with Crippen molar-refractivity contribution in [1.82, 2.24) is 0 Å². The van der Waals surface area contributed by atoms with Crippen molar-refractivity contribution < 1.29 is 4.74 Å². The van der Waals surface area contributed by atoms with E-state index >= 15 is 0 Å². The largest absolute Gasteiger partial charge is 0.489 e. The summed E-state index contributed by atoms with van der Waals surface area (Å²) >= 11 is 4.84. The number of rotatable bonds is 2. The van der Waals surface area contributed by atoms with Gasteiger partial charge in [-0.15, -0.1) is 0 Å². The molecule has 0 amide bonds. The van der Waals surface area contributed by atoms with E-state index in [4.69, 9.17) is 22.7 Å². The fourth-order valence-corrected chi connectivity index (χ4v) is 1.78. The van der Waals surface area contributed by atoms with E-state index in [1.165, 1.54) is 5.56 Å². The Morgan fingerprint density at radius 2 is 2.31 bits per heavy atom. The van der Waals surface area contributed by atoms with E-state index < -0.39 is 0 Å².